The normalized spacial score (nSPS) is 24.8. The molecule has 5 rings (SSSR count). The van der Waals surface area contributed by atoms with E-state index < -0.39 is 0 Å². The van der Waals surface area contributed by atoms with Gasteiger partial charge in [-0.2, -0.15) is 14.1 Å². The van der Waals surface area contributed by atoms with E-state index in [2.05, 4.69) is 81.8 Å². The number of nitrogens with one attached hydrogen (secondary N) is 3. The molecular formula is C25H35N3. The molecule has 3 nitrogen and oxygen atoms in total. The van der Waals surface area contributed by atoms with Gasteiger partial charge in [-0.1, -0.05) is 48.5 Å². The molecule has 0 saturated heterocycles. The molecule has 0 amide bonds. The molecule has 3 heteroatoms. The topological polar surface area (TPSA) is 13.3 Å². The zero-order valence-electron chi connectivity index (χ0n) is 17.1. The number of hydrogen-bond acceptors (Lipinski definition) is 0. The van der Waals surface area contributed by atoms with Gasteiger partial charge < -0.3 is 14.7 Å². The summed E-state index contributed by atoms with van der Waals surface area (Å²) in [6.07, 6.45) is 7.99. The lowest BCUT2D eigenvalue weighted by atomic mass is 10.0. The van der Waals surface area contributed by atoms with Crippen LogP contribution in [0.25, 0.3) is 0 Å². The fourth-order valence-electron chi connectivity index (χ4n) is 3.90. The van der Waals surface area contributed by atoms with E-state index in [-0.39, 0.29) is 0 Å². The molecule has 0 fully saturated rings. The molecule has 0 radical (unpaired) electrons. The van der Waals surface area contributed by atoms with Crippen molar-refractivity contribution in [3.8, 4) is 0 Å². The van der Waals surface area contributed by atoms with E-state index in [1.165, 1.54) is 69.4 Å². The van der Waals surface area contributed by atoms with Crippen LogP contribution in [0.5, 0.6) is 0 Å². The van der Waals surface area contributed by atoms with Crippen LogP contribution in [0.3, 0.4) is 0 Å². The highest BCUT2D eigenvalue weighted by atomic mass is 15.1. The van der Waals surface area contributed by atoms with Gasteiger partial charge in [0.2, 0.25) is 0 Å². The maximum atomic E-state index is 4.01. The summed E-state index contributed by atoms with van der Waals surface area (Å²) in [7, 11) is 11.9. The van der Waals surface area contributed by atoms with Crippen LogP contribution in [0.4, 0.5) is 5.69 Å². The summed E-state index contributed by atoms with van der Waals surface area (Å²) in [4.78, 5) is 4.06. The zero-order valence-corrected chi connectivity index (χ0v) is 17.1. The summed E-state index contributed by atoms with van der Waals surface area (Å²) in [5.74, 6) is 0. The van der Waals surface area contributed by atoms with Crippen LogP contribution in [-0.4, -0.2) is 26.2 Å². The number of fused-ring (bicyclic) bond motifs is 2. The van der Waals surface area contributed by atoms with Crippen LogP contribution in [0.2, 0.25) is 0 Å². The number of benzene rings is 2. The second kappa shape index (κ2) is 10.6. The second-order valence-corrected chi connectivity index (χ2v) is 7.92. The van der Waals surface area contributed by atoms with Gasteiger partial charge in [-0.3, -0.25) is 0 Å². The van der Waals surface area contributed by atoms with Crippen molar-refractivity contribution in [2.45, 2.75) is 25.8 Å². The highest BCUT2D eigenvalue weighted by Gasteiger charge is 2.15. The minimum Gasteiger partial charge on any atom is -0.464 e. The minimum absolute atomic E-state index is 1.09. The fourth-order valence-corrected chi connectivity index (χ4v) is 3.90. The summed E-state index contributed by atoms with van der Waals surface area (Å²) in [6.45, 7) is 5.74. The van der Waals surface area contributed by atoms with Crippen LogP contribution in [0.15, 0.2) is 60.7 Å². The summed E-state index contributed by atoms with van der Waals surface area (Å²) in [5.41, 5.74) is 5.83. The molecule has 0 bridgehead atoms. The average molecular weight is 378 g/mol. The Kier molecular flexibility index (Phi) is 7.84. The molecule has 0 saturated carbocycles. The standard InChI is InChI=1S/C10H13N.C9H11N.C6H11N/c1-11-7-6-9-4-2-3-5-10(9)8-11;1-10-7-6-8-4-2-3-5-9(8)10;1-7-5-3-2-4-6-7/h2-5,11H,1,6-8H2;2-5,10H,1,6-7H2;2-3,7H,1,4-6H2. The number of rotatable bonds is 0. The molecule has 0 aromatic heterocycles. The molecule has 28 heavy (non-hydrogen) atoms. The summed E-state index contributed by atoms with van der Waals surface area (Å²) >= 11 is 0. The van der Waals surface area contributed by atoms with Crippen LogP contribution >= 0.6 is 0 Å². The molecule has 3 heterocycles. The van der Waals surface area contributed by atoms with Crippen molar-refractivity contribution in [3.63, 3.8) is 0 Å². The smallest absolute Gasteiger partial charge is 0.108 e. The van der Waals surface area contributed by atoms with Gasteiger partial charge in [-0.05, 0) is 17.7 Å². The monoisotopic (exact) mass is 377 g/mol. The minimum atomic E-state index is 1.09. The van der Waals surface area contributed by atoms with Crippen LogP contribution in [-0.2, 0) is 19.4 Å². The average Bonchev–Trinajstić information content (AvgIpc) is 3.11. The van der Waals surface area contributed by atoms with Crippen molar-refractivity contribution in [3.05, 3.63) is 98.5 Å². The van der Waals surface area contributed by atoms with Crippen LogP contribution in [0.1, 0.15) is 23.1 Å². The van der Waals surface area contributed by atoms with Crippen molar-refractivity contribution in [2.24, 2.45) is 0 Å². The van der Waals surface area contributed by atoms with Gasteiger partial charge >= 0.3 is 0 Å². The largest absolute Gasteiger partial charge is 0.464 e. The predicted molar refractivity (Wildman–Crippen MR) is 116 cm³/mol. The van der Waals surface area contributed by atoms with E-state index in [0.717, 1.165) is 19.6 Å². The van der Waals surface area contributed by atoms with Crippen molar-refractivity contribution in [2.75, 3.05) is 26.2 Å². The second-order valence-electron chi connectivity index (χ2n) is 7.92. The Morgan fingerprint density at radius 2 is 1.32 bits per heavy atom. The number of quaternary nitrogens is 3. The van der Waals surface area contributed by atoms with E-state index in [9.17, 15) is 0 Å². The summed E-state index contributed by atoms with van der Waals surface area (Å²) in [5, 5.41) is 0. The molecule has 3 aliphatic heterocycles. The van der Waals surface area contributed by atoms with Gasteiger partial charge in [0.25, 0.3) is 0 Å². The van der Waals surface area contributed by atoms with E-state index in [0.29, 0.717) is 0 Å². The Labute approximate surface area is 171 Å². The molecule has 3 aliphatic rings. The molecule has 0 spiro atoms. The third-order valence-corrected chi connectivity index (χ3v) is 5.64. The predicted octanol–water partition coefficient (Wildman–Crippen LogP) is 0.593. The Hall–Kier alpha value is -1.94. The summed E-state index contributed by atoms with van der Waals surface area (Å²) < 4.78 is 0. The Morgan fingerprint density at radius 3 is 1.96 bits per heavy atom. The van der Waals surface area contributed by atoms with Crippen molar-refractivity contribution in [1.29, 1.82) is 0 Å². The number of hydrogen-bond donors (Lipinski definition) is 3. The van der Waals surface area contributed by atoms with Gasteiger partial charge in [0.15, 0.2) is 0 Å². The molecule has 3 N–H and O–H groups in total. The third-order valence-electron chi connectivity index (χ3n) is 5.64. The molecule has 2 aromatic rings. The summed E-state index contributed by atoms with van der Waals surface area (Å²) in [6, 6.07) is 17.2. The lowest BCUT2D eigenvalue weighted by Gasteiger charge is -2.27. The molecule has 2 aromatic carbocycles. The van der Waals surface area contributed by atoms with Gasteiger partial charge in [-0.15, -0.1) is 7.05 Å². The van der Waals surface area contributed by atoms with Crippen LogP contribution < -0.4 is 14.7 Å². The lowest BCUT2D eigenvalue weighted by Crippen LogP contribution is -3.07. The van der Waals surface area contributed by atoms with E-state index in [4.69, 9.17) is 0 Å². The Bertz CT molecular complexity index is 768. The highest BCUT2D eigenvalue weighted by molar-refractivity contribution is 5.41. The number of para-hydroxylation sites is 1. The van der Waals surface area contributed by atoms with Gasteiger partial charge in [0, 0.05) is 30.4 Å². The maximum Gasteiger partial charge on any atom is 0.108 e. The van der Waals surface area contributed by atoms with Crippen molar-refractivity contribution in [1.82, 2.24) is 0 Å². The van der Waals surface area contributed by atoms with Crippen LogP contribution in [0, 0.1) is 21.1 Å². The first kappa shape index (κ1) is 20.8. The van der Waals surface area contributed by atoms with Crippen molar-refractivity contribution >= 4 is 5.69 Å². The Balaban J connectivity index is 0.000000124. The molecule has 3 atom stereocenters. The van der Waals surface area contributed by atoms with Crippen molar-refractivity contribution < 1.29 is 14.7 Å². The molecule has 3 unspecified atom stereocenters. The van der Waals surface area contributed by atoms with E-state index >= 15 is 0 Å². The van der Waals surface area contributed by atoms with Gasteiger partial charge in [0.05, 0.1) is 32.7 Å². The quantitative estimate of drug-likeness (QED) is 0.440. The Morgan fingerprint density at radius 1 is 0.643 bits per heavy atom. The first-order valence-corrected chi connectivity index (χ1v) is 10.4. The zero-order chi connectivity index (χ0) is 19.8. The third kappa shape index (κ3) is 6.03. The van der Waals surface area contributed by atoms with Gasteiger partial charge in [-0.25, -0.2) is 0 Å². The van der Waals surface area contributed by atoms with E-state index in [1.807, 2.05) is 0 Å². The first-order valence-electron chi connectivity index (χ1n) is 10.4. The molecule has 150 valence electrons. The van der Waals surface area contributed by atoms with Gasteiger partial charge in [0.1, 0.15) is 5.69 Å². The van der Waals surface area contributed by atoms with E-state index in [1.54, 1.807) is 0 Å². The molecular weight excluding hydrogens is 342 g/mol. The highest BCUT2D eigenvalue weighted by Crippen LogP contribution is 2.14. The lowest BCUT2D eigenvalue weighted by molar-refractivity contribution is -0.870. The maximum absolute atomic E-state index is 4.01. The fraction of sp³-hybridized carbons (Fsp3) is 0.320. The SMILES string of the molecule is [CH2-][NH+]1CC=CCC1.[CH2-][NH+]1CCc2ccccc21.[CH2-][NH+]1CCc2ccccc2C1. The first-order chi connectivity index (χ1) is 13.6. The molecule has 0 aliphatic carbocycles.